The van der Waals surface area contributed by atoms with Crippen LogP contribution in [0.1, 0.15) is 41.3 Å². The first-order valence-corrected chi connectivity index (χ1v) is 12.4. The van der Waals surface area contributed by atoms with Crippen LogP contribution in [-0.4, -0.2) is 52.0 Å². The average Bonchev–Trinajstić information content (AvgIpc) is 3.30. The second-order valence-electron chi connectivity index (χ2n) is 9.07. The topological polar surface area (TPSA) is 65.9 Å². The van der Waals surface area contributed by atoms with Crippen molar-refractivity contribution in [2.45, 2.75) is 38.0 Å². The van der Waals surface area contributed by atoms with E-state index in [0.717, 1.165) is 16.9 Å². The number of hydrogen-bond acceptors (Lipinski definition) is 6. The van der Waals surface area contributed by atoms with Gasteiger partial charge >= 0.3 is 0 Å². The van der Waals surface area contributed by atoms with Gasteiger partial charge in [0.25, 0.3) is 0 Å². The Bertz CT molecular complexity index is 1100. The first-order chi connectivity index (χ1) is 16.0. The Morgan fingerprint density at radius 1 is 1.24 bits per heavy atom. The van der Waals surface area contributed by atoms with E-state index in [2.05, 4.69) is 45.8 Å². The van der Waals surface area contributed by atoms with Crippen molar-refractivity contribution in [3.05, 3.63) is 81.8 Å². The van der Waals surface area contributed by atoms with Crippen molar-refractivity contribution in [1.82, 2.24) is 14.8 Å². The van der Waals surface area contributed by atoms with Crippen molar-refractivity contribution in [1.29, 1.82) is 0 Å². The number of nitrogens with zero attached hydrogens (tertiary/aromatic N) is 3. The van der Waals surface area contributed by atoms with Crippen molar-refractivity contribution in [3.8, 4) is 5.75 Å². The lowest BCUT2D eigenvalue weighted by molar-refractivity contribution is -0.137. The number of benzene rings is 1. The fourth-order valence-electron chi connectivity index (χ4n) is 4.74. The highest BCUT2D eigenvalue weighted by Gasteiger charge is 2.37. The maximum absolute atomic E-state index is 13.2. The van der Waals surface area contributed by atoms with E-state index in [1.807, 2.05) is 29.2 Å². The van der Waals surface area contributed by atoms with Gasteiger partial charge in [0.2, 0.25) is 5.91 Å². The Morgan fingerprint density at radius 2 is 2.09 bits per heavy atom. The molecule has 2 aromatic heterocycles. The third kappa shape index (κ3) is 4.81. The number of thiophene rings is 1. The molecular formula is C26H29N3O3S. The van der Waals surface area contributed by atoms with Gasteiger partial charge in [0.05, 0.1) is 12.2 Å². The van der Waals surface area contributed by atoms with E-state index in [1.165, 1.54) is 5.56 Å². The number of ether oxygens (including phenoxy) is 1. The molecule has 2 aliphatic rings. The largest absolute Gasteiger partial charge is 0.484 e. The number of carbonyl (C=O) groups excluding carboxylic acids is 1. The molecule has 0 saturated carbocycles. The summed E-state index contributed by atoms with van der Waals surface area (Å²) in [6, 6.07) is 14.0. The number of likely N-dealkylation sites (tertiary alicyclic amines) is 1. The third-order valence-corrected chi connectivity index (χ3v) is 7.36. The highest BCUT2D eigenvalue weighted by Crippen LogP contribution is 2.34. The second-order valence-corrected chi connectivity index (χ2v) is 9.85. The number of aliphatic hydroxyl groups is 1. The first kappa shape index (κ1) is 22.1. The molecule has 0 radical (unpaired) electrons. The van der Waals surface area contributed by atoms with Gasteiger partial charge in [-0.25, -0.2) is 0 Å². The summed E-state index contributed by atoms with van der Waals surface area (Å²) < 4.78 is 6.39. The summed E-state index contributed by atoms with van der Waals surface area (Å²) in [5.74, 6) is 0.989. The van der Waals surface area contributed by atoms with Crippen LogP contribution in [0.15, 0.2) is 59.4 Å². The fraction of sp³-hybridized carbons (Fsp3) is 0.385. The van der Waals surface area contributed by atoms with Gasteiger partial charge in [-0.2, -0.15) is 11.3 Å². The quantitative estimate of drug-likeness (QED) is 0.636. The Hall–Kier alpha value is -2.74. The molecule has 0 aliphatic carbocycles. The first-order valence-electron chi connectivity index (χ1n) is 11.4. The minimum absolute atomic E-state index is 0.0956. The van der Waals surface area contributed by atoms with Gasteiger partial charge in [-0.15, -0.1) is 0 Å². The molecular weight excluding hydrogens is 434 g/mol. The standard InChI is InChI=1S/C26H29N3O3S/c1-19-5-6-22-21(14-19)15-28(16-23(32-22)20-7-13-33-18-20)17-25(30)29-11-8-26(31,9-12-29)24-4-2-3-10-27-24/h2-7,10,13-14,18,23,31H,8-9,11-12,15-17H2,1H3/t23-/m1/s1. The summed E-state index contributed by atoms with van der Waals surface area (Å²) in [6.45, 7) is 4.80. The van der Waals surface area contributed by atoms with Crippen LogP contribution in [0.2, 0.25) is 0 Å². The Morgan fingerprint density at radius 3 is 2.82 bits per heavy atom. The van der Waals surface area contributed by atoms with Crippen molar-refractivity contribution in [2.75, 3.05) is 26.2 Å². The highest BCUT2D eigenvalue weighted by molar-refractivity contribution is 7.07. The molecule has 1 atom stereocenters. The summed E-state index contributed by atoms with van der Waals surface area (Å²) >= 11 is 1.66. The van der Waals surface area contributed by atoms with Crippen molar-refractivity contribution >= 4 is 17.2 Å². The van der Waals surface area contributed by atoms with Crippen LogP contribution >= 0.6 is 11.3 Å². The number of fused-ring (bicyclic) bond motifs is 1. The molecule has 6 nitrogen and oxygen atoms in total. The highest BCUT2D eigenvalue weighted by atomic mass is 32.1. The summed E-state index contributed by atoms with van der Waals surface area (Å²) in [7, 11) is 0. The molecule has 1 fully saturated rings. The number of carbonyl (C=O) groups is 1. The van der Waals surface area contributed by atoms with Crippen molar-refractivity contribution in [2.24, 2.45) is 0 Å². The summed E-state index contributed by atoms with van der Waals surface area (Å²) in [4.78, 5) is 21.6. The van der Waals surface area contributed by atoms with E-state index in [1.54, 1.807) is 17.5 Å². The van der Waals surface area contributed by atoms with Crippen molar-refractivity contribution < 1.29 is 14.6 Å². The van der Waals surface area contributed by atoms with Gasteiger partial charge in [-0.3, -0.25) is 14.7 Å². The van der Waals surface area contributed by atoms with E-state index in [0.29, 0.717) is 51.3 Å². The van der Waals surface area contributed by atoms with Crippen LogP contribution in [0.4, 0.5) is 0 Å². The lowest BCUT2D eigenvalue weighted by atomic mass is 9.87. The number of aromatic nitrogens is 1. The predicted molar refractivity (Wildman–Crippen MR) is 128 cm³/mol. The Balaban J connectivity index is 1.28. The zero-order valence-corrected chi connectivity index (χ0v) is 19.6. The lowest BCUT2D eigenvalue weighted by Gasteiger charge is -2.38. The number of hydrogen-bond donors (Lipinski definition) is 1. The summed E-state index contributed by atoms with van der Waals surface area (Å²) in [6.07, 6.45) is 2.59. The van der Waals surface area contributed by atoms with Crippen LogP contribution in [0, 0.1) is 6.92 Å². The number of piperidine rings is 1. The molecule has 3 aromatic rings. The molecule has 4 heterocycles. The third-order valence-electron chi connectivity index (χ3n) is 6.66. The normalized spacial score (nSPS) is 20.5. The van der Waals surface area contributed by atoms with E-state index in [9.17, 15) is 9.90 Å². The second kappa shape index (κ2) is 9.25. The number of amides is 1. The monoisotopic (exact) mass is 463 g/mol. The molecule has 1 saturated heterocycles. The summed E-state index contributed by atoms with van der Waals surface area (Å²) in [5, 5.41) is 15.2. The molecule has 1 N–H and O–H groups in total. The van der Waals surface area contributed by atoms with Crippen LogP contribution < -0.4 is 4.74 Å². The fourth-order valence-corrected chi connectivity index (χ4v) is 5.44. The van der Waals surface area contributed by atoms with Crippen LogP contribution in [-0.2, 0) is 16.9 Å². The van der Waals surface area contributed by atoms with Gasteiger partial charge in [0.1, 0.15) is 17.5 Å². The Labute approximate surface area is 198 Å². The van der Waals surface area contributed by atoms with Crippen molar-refractivity contribution in [3.63, 3.8) is 0 Å². The zero-order chi connectivity index (χ0) is 22.8. The molecule has 0 bridgehead atoms. The van der Waals surface area contributed by atoms with Gasteiger partial charge in [0, 0.05) is 43.5 Å². The predicted octanol–water partition coefficient (Wildman–Crippen LogP) is 3.90. The molecule has 1 aromatic carbocycles. The number of rotatable bonds is 4. The molecule has 2 aliphatic heterocycles. The zero-order valence-electron chi connectivity index (χ0n) is 18.8. The van der Waals surface area contributed by atoms with E-state index in [-0.39, 0.29) is 12.0 Å². The van der Waals surface area contributed by atoms with Gasteiger partial charge in [0.15, 0.2) is 0 Å². The summed E-state index contributed by atoms with van der Waals surface area (Å²) in [5.41, 5.74) is 3.16. The smallest absolute Gasteiger partial charge is 0.236 e. The Kier molecular flexibility index (Phi) is 6.19. The van der Waals surface area contributed by atoms with E-state index in [4.69, 9.17) is 4.74 Å². The van der Waals surface area contributed by atoms with Crippen LogP contribution in [0.5, 0.6) is 5.75 Å². The van der Waals surface area contributed by atoms with Crippen LogP contribution in [0.3, 0.4) is 0 Å². The molecule has 7 heteroatoms. The molecule has 1 amide bonds. The SMILES string of the molecule is Cc1ccc2c(c1)CN(CC(=O)N1CCC(O)(c3ccccn3)CC1)C[C@H](c1ccsc1)O2. The van der Waals surface area contributed by atoms with Gasteiger partial charge in [-0.1, -0.05) is 23.8 Å². The molecule has 5 rings (SSSR count). The maximum Gasteiger partial charge on any atom is 0.236 e. The van der Waals surface area contributed by atoms with Gasteiger partial charge in [-0.05, 0) is 54.8 Å². The average molecular weight is 464 g/mol. The molecule has 33 heavy (non-hydrogen) atoms. The molecule has 0 unspecified atom stereocenters. The molecule has 172 valence electrons. The van der Waals surface area contributed by atoms with E-state index >= 15 is 0 Å². The van der Waals surface area contributed by atoms with Gasteiger partial charge < -0.3 is 14.7 Å². The number of pyridine rings is 1. The number of aryl methyl sites for hydroxylation is 1. The van der Waals surface area contributed by atoms with Crippen LogP contribution in [0.25, 0.3) is 0 Å². The lowest BCUT2D eigenvalue weighted by Crippen LogP contribution is -2.48. The maximum atomic E-state index is 13.2. The minimum Gasteiger partial charge on any atom is -0.484 e. The van der Waals surface area contributed by atoms with E-state index < -0.39 is 5.60 Å². The minimum atomic E-state index is -0.963. The molecule has 0 spiro atoms.